The van der Waals surface area contributed by atoms with Crippen LogP contribution in [0, 0.1) is 0 Å². The highest BCUT2D eigenvalue weighted by molar-refractivity contribution is 6.14. The molecule has 0 radical (unpaired) electrons. The maximum Gasteiger partial charge on any atom is 0.346 e. The highest BCUT2D eigenvalue weighted by Gasteiger charge is 2.22. The Labute approximate surface area is 174 Å². The highest BCUT2D eigenvalue weighted by atomic mass is 16.5. The molecule has 2 aromatic carbocycles. The van der Waals surface area contributed by atoms with Crippen molar-refractivity contribution >= 4 is 32.9 Å². The van der Waals surface area contributed by atoms with Gasteiger partial charge in [0.1, 0.15) is 11.3 Å². The SMILES string of the molecule is COc1ccc(-c2c3c(=O)oc4ccccc4c3nc3c2c(=O)n(C)c(=O)n3C)cc1. The van der Waals surface area contributed by atoms with Gasteiger partial charge in [0.15, 0.2) is 5.65 Å². The number of aromatic nitrogens is 3. The van der Waals surface area contributed by atoms with Gasteiger partial charge in [0.25, 0.3) is 5.56 Å². The van der Waals surface area contributed by atoms with E-state index in [9.17, 15) is 14.4 Å². The Morgan fingerprint density at radius 1 is 0.903 bits per heavy atom. The van der Waals surface area contributed by atoms with E-state index in [2.05, 4.69) is 4.98 Å². The predicted octanol–water partition coefficient (Wildman–Crippen LogP) is 2.57. The molecule has 0 spiro atoms. The minimum Gasteiger partial charge on any atom is -0.497 e. The zero-order valence-corrected chi connectivity index (χ0v) is 17.0. The average Bonchev–Trinajstić information content (AvgIpc) is 2.80. The van der Waals surface area contributed by atoms with Crippen molar-refractivity contribution in [2.75, 3.05) is 7.11 Å². The molecule has 0 amide bonds. The Balaban J connectivity index is 2.14. The molecule has 0 atom stereocenters. The first-order valence-electron chi connectivity index (χ1n) is 9.52. The first kappa shape index (κ1) is 18.8. The number of nitrogens with zero attached hydrogens (tertiary/aromatic N) is 3. The zero-order chi connectivity index (χ0) is 21.9. The third-order valence-electron chi connectivity index (χ3n) is 5.52. The van der Waals surface area contributed by atoms with Gasteiger partial charge in [-0.05, 0) is 29.8 Å². The summed E-state index contributed by atoms with van der Waals surface area (Å²) in [7, 11) is 4.50. The summed E-state index contributed by atoms with van der Waals surface area (Å²) in [6, 6.07) is 14.0. The van der Waals surface area contributed by atoms with E-state index in [4.69, 9.17) is 9.15 Å². The molecule has 31 heavy (non-hydrogen) atoms. The lowest BCUT2D eigenvalue weighted by molar-refractivity contribution is 0.415. The van der Waals surface area contributed by atoms with Gasteiger partial charge >= 0.3 is 11.3 Å². The Bertz CT molecular complexity index is 1690. The van der Waals surface area contributed by atoms with Gasteiger partial charge in [-0.25, -0.2) is 14.6 Å². The fraction of sp³-hybridized carbons (Fsp3) is 0.130. The molecule has 8 nitrogen and oxygen atoms in total. The Kier molecular flexibility index (Phi) is 4.04. The predicted molar refractivity (Wildman–Crippen MR) is 118 cm³/mol. The third kappa shape index (κ3) is 2.61. The van der Waals surface area contributed by atoms with Crippen LogP contribution in [0.2, 0.25) is 0 Å². The molecule has 0 saturated carbocycles. The number of ether oxygens (including phenoxy) is 1. The molecule has 3 aromatic heterocycles. The van der Waals surface area contributed by atoms with E-state index in [1.54, 1.807) is 56.6 Å². The average molecular weight is 415 g/mol. The molecule has 0 fully saturated rings. The van der Waals surface area contributed by atoms with E-state index < -0.39 is 16.9 Å². The van der Waals surface area contributed by atoms with Crippen molar-refractivity contribution in [3.05, 3.63) is 79.8 Å². The Hall–Kier alpha value is -4.20. The summed E-state index contributed by atoms with van der Waals surface area (Å²) in [6.45, 7) is 0. The van der Waals surface area contributed by atoms with E-state index in [1.807, 2.05) is 6.07 Å². The van der Waals surface area contributed by atoms with Crippen LogP contribution in [0.25, 0.3) is 44.0 Å². The van der Waals surface area contributed by atoms with Gasteiger partial charge in [-0.3, -0.25) is 13.9 Å². The van der Waals surface area contributed by atoms with Crippen molar-refractivity contribution in [3.8, 4) is 16.9 Å². The van der Waals surface area contributed by atoms with Crippen LogP contribution >= 0.6 is 0 Å². The monoisotopic (exact) mass is 415 g/mol. The number of hydrogen-bond acceptors (Lipinski definition) is 6. The number of rotatable bonds is 2. The summed E-state index contributed by atoms with van der Waals surface area (Å²) in [5, 5.41) is 0.971. The molecule has 0 unspecified atom stereocenters. The van der Waals surface area contributed by atoms with Gasteiger partial charge in [-0.1, -0.05) is 24.3 Å². The molecule has 0 aliphatic rings. The van der Waals surface area contributed by atoms with Crippen LogP contribution in [0.5, 0.6) is 5.75 Å². The Morgan fingerprint density at radius 3 is 2.32 bits per heavy atom. The second kappa shape index (κ2) is 6.66. The van der Waals surface area contributed by atoms with Gasteiger partial charge < -0.3 is 9.15 Å². The van der Waals surface area contributed by atoms with Crippen LogP contribution in [0.3, 0.4) is 0 Å². The summed E-state index contributed by atoms with van der Waals surface area (Å²) < 4.78 is 13.1. The van der Waals surface area contributed by atoms with Crippen LogP contribution in [-0.2, 0) is 14.1 Å². The van der Waals surface area contributed by atoms with Gasteiger partial charge in [-0.2, -0.15) is 0 Å². The van der Waals surface area contributed by atoms with Crippen molar-refractivity contribution in [2.45, 2.75) is 0 Å². The molecule has 154 valence electrons. The Morgan fingerprint density at radius 2 is 1.61 bits per heavy atom. The fourth-order valence-corrected chi connectivity index (χ4v) is 3.93. The van der Waals surface area contributed by atoms with Crippen LogP contribution in [0.4, 0.5) is 0 Å². The molecular weight excluding hydrogens is 398 g/mol. The summed E-state index contributed by atoms with van der Waals surface area (Å²) in [4.78, 5) is 43.5. The van der Waals surface area contributed by atoms with Crippen LogP contribution < -0.4 is 21.6 Å². The molecule has 0 aliphatic carbocycles. The lowest BCUT2D eigenvalue weighted by Crippen LogP contribution is -2.37. The van der Waals surface area contributed by atoms with Crippen LogP contribution in [0.1, 0.15) is 0 Å². The minimum absolute atomic E-state index is 0.171. The molecule has 0 N–H and O–H groups in total. The van der Waals surface area contributed by atoms with E-state index in [0.29, 0.717) is 33.4 Å². The fourth-order valence-electron chi connectivity index (χ4n) is 3.93. The number of para-hydroxylation sites is 1. The number of fused-ring (bicyclic) bond motifs is 4. The molecule has 3 heterocycles. The third-order valence-corrected chi connectivity index (χ3v) is 5.52. The van der Waals surface area contributed by atoms with Gasteiger partial charge in [0, 0.05) is 25.0 Å². The van der Waals surface area contributed by atoms with Crippen molar-refractivity contribution in [1.82, 2.24) is 14.1 Å². The smallest absolute Gasteiger partial charge is 0.346 e. The highest BCUT2D eigenvalue weighted by Crippen LogP contribution is 2.34. The maximum absolute atomic E-state index is 13.2. The lowest BCUT2D eigenvalue weighted by atomic mass is 9.97. The molecular formula is C23H17N3O5. The van der Waals surface area contributed by atoms with Crippen molar-refractivity contribution < 1.29 is 9.15 Å². The van der Waals surface area contributed by atoms with E-state index >= 15 is 0 Å². The molecule has 5 aromatic rings. The van der Waals surface area contributed by atoms with E-state index in [-0.39, 0.29) is 16.4 Å². The van der Waals surface area contributed by atoms with Crippen molar-refractivity contribution in [3.63, 3.8) is 0 Å². The summed E-state index contributed by atoms with van der Waals surface area (Å²) >= 11 is 0. The number of methoxy groups -OCH3 is 1. The lowest BCUT2D eigenvalue weighted by Gasteiger charge is -2.14. The normalized spacial score (nSPS) is 11.5. The molecule has 0 bridgehead atoms. The first-order valence-corrected chi connectivity index (χ1v) is 9.52. The number of aryl methyl sites for hydroxylation is 1. The van der Waals surface area contributed by atoms with E-state index in [0.717, 1.165) is 4.57 Å². The molecule has 0 aliphatic heterocycles. The van der Waals surface area contributed by atoms with Crippen LogP contribution in [-0.4, -0.2) is 21.2 Å². The summed E-state index contributed by atoms with van der Waals surface area (Å²) in [6.07, 6.45) is 0. The van der Waals surface area contributed by atoms with E-state index in [1.165, 1.54) is 11.6 Å². The second-order valence-corrected chi connectivity index (χ2v) is 7.23. The van der Waals surface area contributed by atoms with Crippen LogP contribution in [0.15, 0.2) is 67.3 Å². The van der Waals surface area contributed by atoms with Gasteiger partial charge in [-0.15, -0.1) is 0 Å². The quantitative estimate of drug-likeness (QED) is 0.250. The molecule has 5 rings (SSSR count). The summed E-state index contributed by atoms with van der Waals surface area (Å²) in [5.41, 5.74) is 0.278. The van der Waals surface area contributed by atoms with Gasteiger partial charge in [0.05, 0.1) is 23.4 Å². The van der Waals surface area contributed by atoms with Gasteiger partial charge in [0.2, 0.25) is 0 Å². The minimum atomic E-state index is -0.607. The topological polar surface area (TPSA) is 96.3 Å². The summed E-state index contributed by atoms with van der Waals surface area (Å²) in [5.74, 6) is 0.629. The first-order chi connectivity index (χ1) is 14.9. The number of benzene rings is 2. The standard InChI is InChI=1S/C23H17N3O5/c1-25-20-18(21(27)26(2)23(25)29)16(12-8-10-13(30-3)11-9-12)17-19(24-20)14-6-4-5-7-15(14)31-22(17)28/h4-11H,1-3H3. The number of hydrogen-bond donors (Lipinski definition) is 0. The van der Waals surface area contributed by atoms with Crippen molar-refractivity contribution in [1.29, 1.82) is 0 Å². The zero-order valence-electron chi connectivity index (χ0n) is 17.0. The maximum atomic E-state index is 13.2. The molecule has 0 saturated heterocycles. The largest absolute Gasteiger partial charge is 0.497 e. The molecule has 8 heteroatoms. The second-order valence-electron chi connectivity index (χ2n) is 7.23. The van der Waals surface area contributed by atoms with Crippen molar-refractivity contribution in [2.24, 2.45) is 14.1 Å². The number of pyridine rings is 1.